The molecule has 0 aliphatic heterocycles. The highest BCUT2D eigenvalue weighted by Gasteiger charge is 2.48. The molecule has 4 aliphatic rings. The van der Waals surface area contributed by atoms with Gasteiger partial charge in [-0.1, -0.05) is 119 Å². The molecule has 9 rings (SSSR count). The van der Waals surface area contributed by atoms with Crippen molar-refractivity contribution in [3.63, 3.8) is 0 Å². The van der Waals surface area contributed by atoms with Gasteiger partial charge in [0.1, 0.15) is 0 Å². The van der Waals surface area contributed by atoms with Crippen LogP contribution < -0.4 is 0 Å². The lowest BCUT2D eigenvalue weighted by molar-refractivity contribution is -0.0411. The summed E-state index contributed by atoms with van der Waals surface area (Å²) < 4.78 is 1.39. The van der Waals surface area contributed by atoms with Crippen molar-refractivity contribution >= 4 is 32.2 Å². The van der Waals surface area contributed by atoms with Crippen LogP contribution in [-0.4, -0.2) is 0 Å². The molecule has 4 saturated carbocycles. The van der Waals surface area contributed by atoms with E-state index in [9.17, 15) is 0 Å². The predicted molar refractivity (Wildman–Crippen MR) is 189 cm³/mol. The Morgan fingerprint density at radius 3 is 1.69 bits per heavy atom. The van der Waals surface area contributed by atoms with Gasteiger partial charge in [0.15, 0.2) is 0 Å². The fourth-order valence-electron chi connectivity index (χ4n) is 7.76. The molecule has 5 aromatic rings. The van der Waals surface area contributed by atoms with Crippen molar-refractivity contribution in [2.45, 2.75) is 86.5 Å². The van der Waals surface area contributed by atoms with E-state index >= 15 is 0 Å². The SMILES string of the molecule is CC.CC12CC3CC(CC(C3)C1)C2.CCc1ccccc1.Cc1cc2ccccc2s1.Cc1cccc2ccccc12. The van der Waals surface area contributed by atoms with E-state index in [1.807, 2.05) is 31.3 Å². The molecule has 0 N–H and O–H groups in total. The summed E-state index contributed by atoms with van der Waals surface area (Å²) in [6.45, 7) is 13.0. The van der Waals surface area contributed by atoms with Crippen molar-refractivity contribution in [1.29, 1.82) is 0 Å². The number of benzene rings is 4. The van der Waals surface area contributed by atoms with Gasteiger partial charge in [0, 0.05) is 9.58 Å². The number of hydrogen-bond donors (Lipinski definition) is 0. The van der Waals surface area contributed by atoms with E-state index in [2.05, 4.69) is 125 Å². The molecule has 0 radical (unpaired) electrons. The first kappa shape index (κ1) is 32.0. The summed E-state index contributed by atoms with van der Waals surface area (Å²) in [6.07, 6.45) is 10.6. The minimum absolute atomic E-state index is 0.800. The zero-order valence-corrected chi connectivity index (χ0v) is 27.7. The third kappa shape index (κ3) is 8.81. The fraction of sp³-hybridized carbons (Fsp3) is 0.415. The molecule has 0 unspecified atom stereocenters. The zero-order valence-electron chi connectivity index (χ0n) is 26.9. The molecule has 0 amide bonds. The summed E-state index contributed by atoms with van der Waals surface area (Å²) in [6, 6.07) is 36.0. The minimum Gasteiger partial charge on any atom is -0.141 e. The average Bonchev–Trinajstić information content (AvgIpc) is 3.39. The zero-order chi connectivity index (χ0) is 30.0. The van der Waals surface area contributed by atoms with Crippen LogP contribution in [0.25, 0.3) is 20.9 Å². The molecular formula is C41H52S. The molecule has 4 aliphatic carbocycles. The van der Waals surface area contributed by atoms with E-state index in [1.165, 1.54) is 36.9 Å². The molecule has 4 aromatic carbocycles. The predicted octanol–water partition coefficient (Wildman–Crippen LogP) is 12.9. The van der Waals surface area contributed by atoms with Crippen LogP contribution in [0.5, 0.6) is 0 Å². The van der Waals surface area contributed by atoms with Crippen molar-refractivity contribution in [2.24, 2.45) is 23.2 Å². The molecular weight excluding hydrogens is 525 g/mol. The van der Waals surface area contributed by atoms with Crippen LogP contribution in [0.2, 0.25) is 0 Å². The van der Waals surface area contributed by atoms with Gasteiger partial charge in [0.25, 0.3) is 0 Å². The van der Waals surface area contributed by atoms with E-state index in [-0.39, 0.29) is 0 Å². The number of aryl methyl sites for hydroxylation is 3. The molecule has 0 nitrogen and oxygen atoms in total. The van der Waals surface area contributed by atoms with Gasteiger partial charge in [-0.25, -0.2) is 0 Å². The van der Waals surface area contributed by atoms with E-state index in [0.29, 0.717) is 0 Å². The monoisotopic (exact) mass is 576 g/mol. The molecule has 0 spiro atoms. The van der Waals surface area contributed by atoms with Crippen LogP contribution in [0.4, 0.5) is 0 Å². The Morgan fingerprint density at radius 1 is 0.643 bits per heavy atom. The Labute approximate surface area is 260 Å². The summed E-state index contributed by atoms with van der Waals surface area (Å²) in [5.74, 6) is 3.43. The third-order valence-corrected chi connectivity index (χ3v) is 10.2. The van der Waals surface area contributed by atoms with Crippen LogP contribution in [0.1, 0.15) is 82.2 Å². The van der Waals surface area contributed by atoms with Gasteiger partial charge < -0.3 is 0 Å². The highest BCUT2D eigenvalue weighted by Crippen LogP contribution is 2.59. The number of fused-ring (bicyclic) bond motifs is 2. The van der Waals surface area contributed by atoms with Crippen LogP contribution >= 0.6 is 11.3 Å². The van der Waals surface area contributed by atoms with Crippen LogP contribution in [0.3, 0.4) is 0 Å². The van der Waals surface area contributed by atoms with Gasteiger partial charge in [-0.15, -0.1) is 11.3 Å². The van der Waals surface area contributed by atoms with Crippen LogP contribution in [0, 0.1) is 37.0 Å². The Kier molecular flexibility index (Phi) is 11.8. The maximum absolute atomic E-state index is 2.54. The summed E-state index contributed by atoms with van der Waals surface area (Å²) in [5.41, 5.74) is 3.56. The molecule has 1 heteroatoms. The summed E-state index contributed by atoms with van der Waals surface area (Å²) in [5, 5.41) is 4.05. The van der Waals surface area contributed by atoms with Crippen molar-refractivity contribution in [2.75, 3.05) is 0 Å². The Balaban J connectivity index is 0.000000127. The molecule has 0 atom stereocenters. The van der Waals surface area contributed by atoms with Crippen molar-refractivity contribution in [1.82, 2.24) is 0 Å². The van der Waals surface area contributed by atoms with Gasteiger partial charge >= 0.3 is 0 Å². The van der Waals surface area contributed by atoms with Gasteiger partial charge in [0.05, 0.1) is 0 Å². The first-order chi connectivity index (χ1) is 20.4. The van der Waals surface area contributed by atoms with Gasteiger partial charge in [-0.3, -0.25) is 0 Å². The maximum atomic E-state index is 2.54. The summed E-state index contributed by atoms with van der Waals surface area (Å²) in [4.78, 5) is 1.39. The van der Waals surface area contributed by atoms with Crippen molar-refractivity contribution in [3.8, 4) is 0 Å². The molecule has 42 heavy (non-hydrogen) atoms. The molecule has 1 aromatic heterocycles. The summed E-state index contributed by atoms with van der Waals surface area (Å²) in [7, 11) is 0. The Morgan fingerprint density at radius 2 is 1.17 bits per heavy atom. The fourth-order valence-corrected chi connectivity index (χ4v) is 8.68. The Bertz CT molecular complexity index is 1420. The number of hydrogen-bond acceptors (Lipinski definition) is 1. The third-order valence-electron chi connectivity index (χ3n) is 9.15. The summed E-state index contributed by atoms with van der Waals surface area (Å²) >= 11 is 1.85. The highest BCUT2D eigenvalue weighted by molar-refractivity contribution is 7.19. The first-order valence-corrected chi connectivity index (χ1v) is 17.2. The Hall–Kier alpha value is -2.90. The second kappa shape index (κ2) is 15.5. The lowest BCUT2D eigenvalue weighted by atomic mass is 9.50. The average molecular weight is 577 g/mol. The molecule has 0 saturated heterocycles. The van der Waals surface area contributed by atoms with Crippen molar-refractivity contribution < 1.29 is 0 Å². The van der Waals surface area contributed by atoms with E-state index in [1.54, 1.807) is 38.5 Å². The molecule has 222 valence electrons. The smallest absolute Gasteiger partial charge is 0.0345 e. The first-order valence-electron chi connectivity index (χ1n) is 16.3. The van der Waals surface area contributed by atoms with E-state index < -0.39 is 0 Å². The second-order valence-corrected chi connectivity index (χ2v) is 14.0. The lowest BCUT2D eigenvalue weighted by Gasteiger charge is -2.55. The normalized spacial score (nSPS) is 22.9. The molecule has 4 fully saturated rings. The van der Waals surface area contributed by atoms with E-state index in [0.717, 1.165) is 29.6 Å². The number of thiophene rings is 1. The second-order valence-electron chi connectivity index (χ2n) is 12.8. The van der Waals surface area contributed by atoms with Crippen LogP contribution in [-0.2, 0) is 6.42 Å². The number of rotatable bonds is 1. The molecule has 1 heterocycles. The topological polar surface area (TPSA) is 0 Å². The largest absolute Gasteiger partial charge is 0.141 e. The van der Waals surface area contributed by atoms with Crippen LogP contribution in [0.15, 0.2) is 103 Å². The lowest BCUT2D eigenvalue weighted by Crippen LogP contribution is -2.44. The molecule has 4 bridgehead atoms. The maximum Gasteiger partial charge on any atom is 0.0345 e. The van der Waals surface area contributed by atoms with Gasteiger partial charge in [-0.2, -0.15) is 0 Å². The standard InChI is InChI=1S/C11H18.C11H10.C9H8S.C8H10.C2H6/c1-11-5-8-2-9(6-11)4-10(3-8)7-11;1-9-5-4-7-10-6-2-3-8-11(9)10;1-7-6-8-4-2-3-5-9(8)10-7;1-2-8-6-4-3-5-7-8;1-2/h8-10H,2-7H2,1H3;2-8H,1H3;2-6H,1H3;3-7H,2H2,1H3;1-2H3. The highest BCUT2D eigenvalue weighted by atomic mass is 32.1. The van der Waals surface area contributed by atoms with Crippen molar-refractivity contribution in [3.05, 3.63) is 119 Å². The minimum atomic E-state index is 0.800. The quantitative estimate of drug-likeness (QED) is 0.186. The van der Waals surface area contributed by atoms with Gasteiger partial charge in [0.2, 0.25) is 0 Å². The van der Waals surface area contributed by atoms with Gasteiger partial charge in [-0.05, 0) is 121 Å². The van der Waals surface area contributed by atoms with E-state index in [4.69, 9.17) is 0 Å².